The number of hydrogen-bond donors (Lipinski definition) is 2. The van der Waals surface area contributed by atoms with E-state index >= 15 is 0 Å². The third-order valence-corrected chi connectivity index (χ3v) is 6.45. The molecule has 32 heavy (non-hydrogen) atoms. The number of nitrogens with zero attached hydrogens (tertiary/aromatic N) is 3. The van der Waals surface area contributed by atoms with Crippen LogP contribution in [-0.4, -0.2) is 68.7 Å². The van der Waals surface area contributed by atoms with Gasteiger partial charge in [-0.15, -0.1) is 0 Å². The van der Waals surface area contributed by atoms with E-state index in [9.17, 15) is 0 Å². The molecular formula is C25H37N5O2. The second kappa shape index (κ2) is 12.0. The van der Waals surface area contributed by atoms with Gasteiger partial charge in [-0.1, -0.05) is 30.7 Å². The van der Waals surface area contributed by atoms with Crippen molar-refractivity contribution < 1.29 is 9.15 Å². The third-order valence-electron chi connectivity index (χ3n) is 6.45. The maximum atomic E-state index is 5.78. The monoisotopic (exact) mass is 439 g/mol. The number of furan rings is 1. The lowest BCUT2D eigenvalue weighted by Crippen LogP contribution is -2.44. The van der Waals surface area contributed by atoms with Crippen LogP contribution in [0.5, 0.6) is 0 Å². The van der Waals surface area contributed by atoms with Gasteiger partial charge in [-0.25, -0.2) is 0 Å². The molecule has 1 aromatic heterocycles. The Kier molecular flexibility index (Phi) is 8.59. The SMILES string of the molecule is CN=C(NCc1ccccc1CN1CCOCC1)NCC(c1ccco1)N1CCCCC1. The average molecular weight is 440 g/mol. The van der Waals surface area contributed by atoms with E-state index < -0.39 is 0 Å². The Morgan fingerprint density at radius 3 is 2.47 bits per heavy atom. The highest BCUT2D eigenvalue weighted by Crippen LogP contribution is 2.24. The van der Waals surface area contributed by atoms with Gasteiger partial charge in [0.15, 0.2) is 5.96 Å². The second-order valence-corrected chi connectivity index (χ2v) is 8.59. The summed E-state index contributed by atoms with van der Waals surface area (Å²) in [6, 6.07) is 12.9. The maximum absolute atomic E-state index is 5.78. The molecule has 7 heteroatoms. The Morgan fingerprint density at radius 2 is 1.75 bits per heavy atom. The number of likely N-dealkylation sites (tertiary alicyclic amines) is 1. The summed E-state index contributed by atoms with van der Waals surface area (Å²) in [7, 11) is 1.83. The van der Waals surface area contributed by atoms with Gasteiger partial charge in [-0.05, 0) is 49.2 Å². The minimum atomic E-state index is 0.220. The first-order valence-corrected chi connectivity index (χ1v) is 11.9. The summed E-state index contributed by atoms with van der Waals surface area (Å²) < 4.78 is 11.3. The van der Waals surface area contributed by atoms with Crippen LogP contribution in [0.25, 0.3) is 0 Å². The first-order valence-electron chi connectivity index (χ1n) is 11.9. The fourth-order valence-corrected chi connectivity index (χ4v) is 4.60. The highest BCUT2D eigenvalue weighted by molar-refractivity contribution is 5.79. The largest absolute Gasteiger partial charge is 0.468 e. The third kappa shape index (κ3) is 6.34. The molecule has 1 atom stereocenters. The summed E-state index contributed by atoms with van der Waals surface area (Å²) in [6.07, 6.45) is 5.60. The zero-order valence-electron chi connectivity index (χ0n) is 19.3. The van der Waals surface area contributed by atoms with Gasteiger partial charge in [0, 0.05) is 39.8 Å². The number of piperidine rings is 1. The van der Waals surface area contributed by atoms with E-state index in [2.05, 4.69) is 55.8 Å². The molecule has 2 saturated heterocycles. The van der Waals surface area contributed by atoms with Crippen LogP contribution in [0, 0.1) is 0 Å². The van der Waals surface area contributed by atoms with Crippen molar-refractivity contribution in [2.24, 2.45) is 4.99 Å². The van der Waals surface area contributed by atoms with Crippen molar-refractivity contribution in [1.29, 1.82) is 0 Å². The molecule has 2 N–H and O–H groups in total. The zero-order chi connectivity index (χ0) is 22.0. The molecule has 1 aromatic carbocycles. The summed E-state index contributed by atoms with van der Waals surface area (Å²) in [5.74, 6) is 1.84. The van der Waals surface area contributed by atoms with Gasteiger partial charge in [0.1, 0.15) is 5.76 Å². The van der Waals surface area contributed by atoms with Crippen LogP contribution in [0.3, 0.4) is 0 Å². The summed E-state index contributed by atoms with van der Waals surface area (Å²) in [5.41, 5.74) is 2.67. The standard InChI is InChI=1S/C25H37N5O2/c1-26-25(28-19-23(24-10-7-15-32-24)30-11-5-2-6-12-30)27-18-21-8-3-4-9-22(21)20-29-13-16-31-17-14-29/h3-4,7-10,15,23H,2,5-6,11-14,16-20H2,1H3,(H2,26,27,28). The van der Waals surface area contributed by atoms with Crippen molar-refractivity contribution in [2.75, 3.05) is 53.0 Å². The molecule has 7 nitrogen and oxygen atoms in total. The van der Waals surface area contributed by atoms with Crippen LogP contribution in [0.1, 0.15) is 42.2 Å². The second-order valence-electron chi connectivity index (χ2n) is 8.59. The van der Waals surface area contributed by atoms with E-state index in [-0.39, 0.29) is 6.04 Å². The number of hydrogen-bond acceptors (Lipinski definition) is 5. The van der Waals surface area contributed by atoms with Crippen molar-refractivity contribution in [3.05, 3.63) is 59.5 Å². The molecule has 2 fully saturated rings. The highest BCUT2D eigenvalue weighted by Gasteiger charge is 2.24. The zero-order valence-corrected chi connectivity index (χ0v) is 19.3. The smallest absolute Gasteiger partial charge is 0.191 e. The van der Waals surface area contributed by atoms with Crippen molar-refractivity contribution >= 4 is 5.96 Å². The first-order chi connectivity index (χ1) is 15.8. The van der Waals surface area contributed by atoms with Gasteiger partial charge >= 0.3 is 0 Å². The predicted molar refractivity (Wildman–Crippen MR) is 128 cm³/mol. The molecule has 174 valence electrons. The van der Waals surface area contributed by atoms with Gasteiger partial charge in [0.2, 0.25) is 0 Å². The van der Waals surface area contributed by atoms with Crippen LogP contribution in [0.2, 0.25) is 0 Å². The van der Waals surface area contributed by atoms with E-state index in [0.29, 0.717) is 0 Å². The van der Waals surface area contributed by atoms with Crippen LogP contribution >= 0.6 is 0 Å². The Morgan fingerprint density at radius 1 is 0.969 bits per heavy atom. The minimum Gasteiger partial charge on any atom is -0.468 e. The van der Waals surface area contributed by atoms with E-state index in [1.807, 2.05) is 13.1 Å². The van der Waals surface area contributed by atoms with Crippen molar-refractivity contribution in [3.8, 4) is 0 Å². The Labute approximate surface area is 191 Å². The van der Waals surface area contributed by atoms with Gasteiger partial charge in [0.05, 0.1) is 25.5 Å². The number of ether oxygens (including phenoxy) is 1. The number of benzene rings is 1. The summed E-state index contributed by atoms with van der Waals surface area (Å²) >= 11 is 0. The molecule has 2 aliphatic heterocycles. The Hall–Kier alpha value is -2.35. The molecule has 0 radical (unpaired) electrons. The molecule has 4 rings (SSSR count). The van der Waals surface area contributed by atoms with Crippen LogP contribution in [0.4, 0.5) is 0 Å². The van der Waals surface area contributed by atoms with E-state index in [0.717, 1.165) is 70.7 Å². The molecule has 0 saturated carbocycles. The van der Waals surface area contributed by atoms with Gasteiger partial charge < -0.3 is 19.8 Å². The highest BCUT2D eigenvalue weighted by atomic mass is 16.5. The van der Waals surface area contributed by atoms with Crippen LogP contribution in [0.15, 0.2) is 52.1 Å². The average Bonchev–Trinajstić information content (AvgIpc) is 3.38. The lowest BCUT2D eigenvalue weighted by molar-refractivity contribution is 0.0341. The molecule has 0 aliphatic carbocycles. The van der Waals surface area contributed by atoms with Crippen molar-refractivity contribution in [1.82, 2.24) is 20.4 Å². The number of guanidine groups is 1. The lowest BCUT2D eigenvalue weighted by atomic mass is 10.1. The molecule has 3 heterocycles. The summed E-state index contributed by atoms with van der Waals surface area (Å²) in [6.45, 7) is 8.35. The molecule has 1 unspecified atom stereocenters. The molecule has 0 spiro atoms. The normalized spacial score (nSPS) is 19.6. The lowest BCUT2D eigenvalue weighted by Gasteiger charge is -2.33. The van der Waals surface area contributed by atoms with Gasteiger partial charge in [0.25, 0.3) is 0 Å². The fourth-order valence-electron chi connectivity index (χ4n) is 4.60. The predicted octanol–water partition coefficient (Wildman–Crippen LogP) is 3.00. The van der Waals surface area contributed by atoms with Crippen molar-refractivity contribution in [3.63, 3.8) is 0 Å². The molecule has 0 amide bonds. The number of morpholine rings is 1. The molecule has 2 aromatic rings. The minimum absolute atomic E-state index is 0.220. The fraction of sp³-hybridized carbons (Fsp3) is 0.560. The van der Waals surface area contributed by atoms with Gasteiger partial charge in [-0.2, -0.15) is 0 Å². The number of nitrogens with one attached hydrogen (secondary N) is 2. The van der Waals surface area contributed by atoms with E-state index in [4.69, 9.17) is 9.15 Å². The first kappa shape index (κ1) is 22.8. The van der Waals surface area contributed by atoms with E-state index in [1.54, 1.807) is 6.26 Å². The molecule has 2 aliphatic rings. The molecular weight excluding hydrogens is 402 g/mol. The summed E-state index contributed by atoms with van der Waals surface area (Å²) in [5, 5.41) is 7.05. The number of rotatable bonds is 8. The van der Waals surface area contributed by atoms with E-state index in [1.165, 1.54) is 30.4 Å². The van der Waals surface area contributed by atoms with Crippen LogP contribution < -0.4 is 10.6 Å². The number of aliphatic imine (C=N–C) groups is 1. The van der Waals surface area contributed by atoms with Crippen molar-refractivity contribution in [2.45, 2.75) is 38.4 Å². The van der Waals surface area contributed by atoms with Gasteiger partial charge in [-0.3, -0.25) is 14.8 Å². The Bertz CT molecular complexity index is 827. The van der Waals surface area contributed by atoms with Crippen LogP contribution in [-0.2, 0) is 17.8 Å². The molecule has 0 bridgehead atoms. The quantitative estimate of drug-likeness (QED) is 0.487. The maximum Gasteiger partial charge on any atom is 0.191 e. The Balaban J connectivity index is 1.33. The summed E-state index contributed by atoms with van der Waals surface area (Å²) in [4.78, 5) is 9.45. The topological polar surface area (TPSA) is 65.3 Å².